The van der Waals surface area contributed by atoms with Gasteiger partial charge in [0.25, 0.3) is 0 Å². The van der Waals surface area contributed by atoms with Gasteiger partial charge in [-0.2, -0.15) is 23.5 Å². The first-order chi connectivity index (χ1) is 9.92. The van der Waals surface area contributed by atoms with Gasteiger partial charge in [0.1, 0.15) is 0 Å². The molecule has 1 unspecified atom stereocenters. The minimum atomic E-state index is 0.794. The van der Waals surface area contributed by atoms with E-state index < -0.39 is 0 Å². The molecule has 0 saturated carbocycles. The van der Waals surface area contributed by atoms with Crippen LogP contribution < -0.4 is 5.32 Å². The van der Waals surface area contributed by atoms with Crippen LogP contribution in [0.3, 0.4) is 0 Å². The van der Waals surface area contributed by atoms with E-state index in [0.29, 0.717) is 0 Å². The molecule has 1 fully saturated rings. The molecule has 2 aromatic rings. The minimum Gasteiger partial charge on any atom is -0.311 e. The molecule has 0 aliphatic carbocycles. The monoisotopic (exact) mass is 321 g/mol. The van der Waals surface area contributed by atoms with Gasteiger partial charge in [0.15, 0.2) is 0 Å². The minimum absolute atomic E-state index is 0.794. The molecule has 1 aromatic carbocycles. The summed E-state index contributed by atoms with van der Waals surface area (Å²) in [5, 5.41) is 4.41. The molecular formula is C16H19NS3. The van der Waals surface area contributed by atoms with Crippen molar-refractivity contribution in [2.45, 2.75) is 11.8 Å². The van der Waals surface area contributed by atoms with Gasteiger partial charge in [-0.05, 0) is 17.7 Å². The quantitative estimate of drug-likeness (QED) is 0.879. The fourth-order valence-corrected chi connectivity index (χ4v) is 5.87. The Morgan fingerprint density at radius 2 is 1.95 bits per heavy atom. The third-order valence-corrected chi connectivity index (χ3v) is 7.26. The standard InChI is InChI=1S/C16H19NS3/c1-2-4-13(5-3-1)16-7-6-14(20-16)10-17-11-15-12-18-8-9-19-15/h1-7,15,17H,8-12H2. The van der Waals surface area contributed by atoms with E-state index in [9.17, 15) is 0 Å². The molecule has 0 bridgehead atoms. The van der Waals surface area contributed by atoms with Gasteiger partial charge < -0.3 is 5.32 Å². The topological polar surface area (TPSA) is 12.0 Å². The van der Waals surface area contributed by atoms with Crippen LogP contribution in [0.5, 0.6) is 0 Å². The highest BCUT2D eigenvalue weighted by molar-refractivity contribution is 8.06. The number of hydrogen-bond acceptors (Lipinski definition) is 4. The van der Waals surface area contributed by atoms with Crippen LogP contribution in [0.1, 0.15) is 4.88 Å². The fraction of sp³-hybridized carbons (Fsp3) is 0.375. The summed E-state index contributed by atoms with van der Waals surface area (Å²) < 4.78 is 0. The van der Waals surface area contributed by atoms with Crippen LogP contribution in [-0.2, 0) is 6.54 Å². The lowest BCUT2D eigenvalue weighted by atomic mass is 10.2. The van der Waals surface area contributed by atoms with Crippen molar-refractivity contribution in [3.05, 3.63) is 47.3 Å². The van der Waals surface area contributed by atoms with Crippen molar-refractivity contribution in [3.63, 3.8) is 0 Å². The van der Waals surface area contributed by atoms with E-state index in [-0.39, 0.29) is 0 Å². The van der Waals surface area contributed by atoms with Gasteiger partial charge in [0, 0.05) is 45.4 Å². The lowest BCUT2D eigenvalue weighted by molar-refractivity contribution is 0.693. The van der Waals surface area contributed by atoms with E-state index in [1.165, 1.54) is 32.6 Å². The highest BCUT2D eigenvalue weighted by Crippen LogP contribution is 2.28. The molecular weight excluding hydrogens is 302 g/mol. The third-order valence-electron chi connectivity index (χ3n) is 3.28. The Morgan fingerprint density at radius 3 is 2.75 bits per heavy atom. The molecule has 1 aliphatic heterocycles. The normalized spacial score (nSPS) is 19.1. The Labute approximate surface area is 133 Å². The van der Waals surface area contributed by atoms with Gasteiger partial charge in [-0.3, -0.25) is 0 Å². The third kappa shape index (κ3) is 4.04. The van der Waals surface area contributed by atoms with E-state index in [4.69, 9.17) is 0 Å². The van der Waals surface area contributed by atoms with Crippen LogP contribution in [0.25, 0.3) is 10.4 Å². The second kappa shape index (κ2) is 7.55. The number of thioether (sulfide) groups is 2. The highest BCUT2D eigenvalue weighted by Gasteiger charge is 2.13. The van der Waals surface area contributed by atoms with Crippen molar-refractivity contribution in [2.24, 2.45) is 0 Å². The fourth-order valence-electron chi connectivity index (χ4n) is 2.24. The predicted octanol–water partition coefficient (Wildman–Crippen LogP) is 4.35. The van der Waals surface area contributed by atoms with Gasteiger partial charge in [0.2, 0.25) is 0 Å². The average molecular weight is 322 g/mol. The van der Waals surface area contributed by atoms with Gasteiger partial charge in [-0.15, -0.1) is 11.3 Å². The summed E-state index contributed by atoms with van der Waals surface area (Å²) in [6.07, 6.45) is 0. The summed E-state index contributed by atoms with van der Waals surface area (Å²) in [7, 11) is 0. The number of thiophene rings is 1. The molecule has 0 spiro atoms. The van der Waals surface area contributed by atoms with Crippen molar-refractivity contribution in [2.75, 3.05) is 23.8 Å². The maximum atomic E-state index is 3.61. The van der Waals surface area contributed by atoms with Crippen molar-refractivity contribution in [3.8, 4) is 10.4 Å². The zero-order valence-corrected chi connectivity index (χ0v) is 13.8. The first-order valence-electron chi connectivity index (χ1n) is 6.96. The summed E-state index contributed by atoms with van der Waals surface area (Å²) in [4.78, 5) is 2.79. The summed E-state index contributed by atoms with van der Waals surface area (Å²) in [6, 6.07) is 15.1. The van der Waals surface area contributed by atoms with Crippen LogP contribution in [0, 0.1) is 0 Å². The summed E-state index contributed by atoms with van der Waals surface area (Å²) in [5.74, 6) is 3.94. The molecule has 0 radical (unpaired) electrons. The lowest BCUT2D eigenvalue weighted by Gasteiger charge is -2.20. The second-order valence-corrected chi connectivity index (χ2v) is 8.56. The number of hydrogen-bond donors (Lipinski definition) is 1. The van der Waals surface area contributed by atoms with Gasteiger partial charge in [-0.25, -0.2) is 0 Å². The molecule has 1 aliphatic rings. The van der Waals surface area contributed by atoms with Crippen LogP contribution in [0.2, 0.25) is 0 Å². The van der Waals surface area contributed by atoms with Gasteiger partial charge in [0.05, 0.1) is 0 Å². The largest absolute Gasteiger partial charge is 0.311 e. The van der Waals surface area contributed by atoms with Crippen LogP contribution in [-0.4, -0.2) is 29.1 Å². The first kappa shape index (κ1) is 14.5. The predicted molar refractivity (Wildman–Crippen MR) is 95.0 cm³/mol. The molecule has 2 heterocycles. The first-order valence-corrected chi connectivity index (χ1v) is 9.98. The molecule has 106 valence electrons. The maximum Gasteiger partial charge on any atom is 0.0346 e. The molecule has 20 heavy (non-hydrogen) atoms. The zero-order valence-electron chi connectivity index (χ0n) is 11.4. The number of nitrogens with one attached hydrogen (secondary N) is 1. The van der Waals surface area contributed by atoms with E-state index >= 15 is 0 Å². The van der Waals surface area contributed by atoms with E-state index in [1.807, 2.05) is 11.3 Å². The van der Waals surface area contributed by atoms with E-state index in [2.05, 4.69) is 71.3 Å². The smallest absolute Gasteiger partial charge is 0.0346 e. The Morgan fingerprint density at radius 1 is 1.05 bits per heavy atom. The number of rotatable bonds is 5. The number of benzene rings is 1. The zero-order chi connectivity index (χ0) is 13.6. The van der Waals surface area contributed by atoms with E-state index in [1.54, 1.807) is 0 Å². The molecule has 1 saturated heterocycles. The Bertz CT molecular complexity index is 518. The Kier molecular flexibility index (Phi) is 5.48. The Balaban J connectivity index is 1.50. The Hall–Kier alpha value is -0.420. The second-order valence-electron chi connectivity index (χ2n) is 4.83. The average Bonchev–Trinajstić information content (AvgIpc) is 2.98. The molecule has 0 amide bonds. The SMILES string of the molecule is c1ccc(-c2ccc(CNCC3CSCCS3)s2)cc1. The molecule has 4 heteroatoms. The highest BCUT2D eigenvalue weighted by atomic mass is 32.2. The summed E-state index contributed by atoms with van der Waals surface area (Å²) in [6.45, 7) is 2.13. The van der Waals surface area contributed by atoms with Gasteiger partial charge >= 0.3 is 0 Å². The maximum absolute atomic E-state index is 3.61. The van der Waals surface area contributed by atoms with E-state index in [0.717, 1.165) is 18.3 Å². The molecule has 1 aromatic heterocycles. The van der Waals surface area contributed by atoms with Crippen molar-refractivity contribution >= 4 is 34.9 Å². The van der Waals surface area contributed by atoms with Crippen LogP contribution in [0.15, 0.2) is 42.5 Å². The lowest BCUT2D eigenvalue weighted by Crippen LogP contribution is -2.28. The molecule has 1 nitrogen and oxygen atoms in total. The molecule has 3 rings (SSSR count). The van der Waals surface area contributed by atoms with Crippen molar-refractivity contribution in [1.82, 2.24) is 5.32 Å². The molecule has 1 atom stereocenters. The molecule has 1 N–H and O–H groups in total. The summed E-state index contributed by atoms with van der Waals surface area (Å²) in [5.41, 5.74) is 1.32. The van der Waals surface area contributed by atoms with Crippen LogP contribution in [0.4, 0.5) is 0 Å². The van der Waals surface area contributed by atoms with Gasteiger partial charge in [-0.1, -0.05) is 30.3 Å². The van der Waals surface area contributed by atoms with Crippen molar-refractivity contribution in [1.29, 1.82) is 0 Å². The summed E-state index contributed by atoms with van der Waals surface area (Å²) >= 11 is 6.11. The van der Waals surface area contributed by atoms with Crippen LogP contribution >= 0.6 is 34.9 Å². The van der Waals surface area contributed by atoms with Crippen molar-refractivity contribution < 1.29 is 0 Å².